The van der Waals surface area contributed by atoms with Crippen LogP contribution in [0.5, 0.6) is 0 Å². The Labute approximate surface area is 186 Å². The van der Waals surface area contributed by atoms with Crippen LogP contribution in [0.4, 0.5) is 5.82 Å². The molecule has 29 heavy (non-hydrogen) atoms. The summed E-state index contributed by atoms with van der Waals surface area (Å²) in [6.07, 6.45) is 5.65. The number of aromatic nitrogens is 1. The van der Waals surface area contributed by atoms with E-state index in [1.165, 1.54) is 5.01 Å². The van der Waals surface area contributed by atoms with Gasteiger partial charge in [0, 0.05) is 21.8 Å². The molecule has 6 N–H and O–H groups in total. The number of hydrazone groups is 1. The SMILES string of the molecule is C/C(Cl)=C(/Cl)CN(N)/C(=N\N)c1cc(-c2ccc(Cl)cc2)cnc1N.C/C=C\C. The number of hydrogen-bond donors (Lipinski definition) is 3. The van der Waals surface area contributed by atoms with E-state index >= 15 is 0 Å². The van der Waals surface area contributed by atoms with Crippen LogP contribution in [0.1, 0.15) is 26.3 Å². The summed E-state index contributed by atoms with van der Waals surface area (Å²) in [4.78, 5) is 4.20. The van der Waals surface area contributed by atoms with Crippen molar-refractivity contribution in [3.05, 3.63) is 69.3 Å². The Balaban J connectivity index is 0.000000960. The van der Waals surface area contributed by atoms with Crippen LogP contribution in [-0.2, 0) is 0 Å². The molecular formula is C20H25Cl3N6. The standard InChI is InChI=1S/C16H17Cl3N6.C4H8/c1-9(17)14(19)8-25(22)16(24-21)13-6-11(7-23-15(13)20)10-2-4-12(18)5-3-10;1-3-4-2/h2-7H,8,21-22H2,1H3,(H2,20,23);3-4H,1-2H3/b14-9-,24-16-;4-3-. The van der Waals surface area contributed by atoms with Crippen molar-refractivity contribution in [2.24, 2.45) is 16.8 Å². The van der Waals surface area contributed by atoms with Gasteiger partial charge in [-0.25, -0.2) is 10.8 Å². The first-order valence-corrected chi connectivity index (χ1v) is 9.78. The molecule has 0 saturated carbocycles. The smallest absolute Gasteiger partial charge is 0.173 e. The summed E-state index contributed by atoms with van der Waals surface area (Å²) in [5.74, 6) is 12.0. The van der Waals surface area contributed by atoms with Gasteiger partial charge < -0.3 is 11.6 Å². The van der Waals surface area contributed by atoms with Gasteiger partial charge in [-0.05, 0) is 44.5 Å². The number of amidine groups is 1. The molecule has 2 aromatic rings. The van der Waals surface area contributed by atoms with Crippen LogP contribution >= 0.6 is 34.8 Å². The molecule has 1 aromatic carbocycles. The quantitative estimate of drug-likeness (QED) is 0.196. The van der Waals surface area contributed by atoms with Crippen molar-refractivity contribution in [2.75, 3.05) is 12.3 Å². The van der Waals surface area contributed by atoms with Crippen LogP contribution in [0.15, 0.2) is 63.8 Å². The van der Waals surface area contributed by atoms with Gasteiger partial charge in [-0.1, -0.05) is 59.1 Å². The van der Waals surface area contributed by atoms with Gasteiger partial charge >= 0.3 is 0 Å². The van der Waals surface area contributed by atoms with Crippen LogP contribution in [0.2, 0.25) is 5.02 Å². The summed E-state index contributed by atoms with van der Waals surface area (Å²) in [7, 11) is 0. The fraction of sp³-hybridized carbons (Fsp3) is 0.200. The predicted molar refractivity (Wildman–Crippen MR) is 126 cm³/mol. The number of nitrogens with two attached hydrogens (primary N) is 3. The molecular weight excluding hydrogens is 431 g/mol. The van der Waals surface area contributed by atoms with Crippen molar-refractivity contribution in [1.29, 1.82) is 0 Å². The predicted octanol–water partition coefficient (Wildman–Crippen LogP) is 5.07. The van der Waals surface area contributed by atoms with E-state index in [0.29, 0.717) is 20.7 Å². The van der Waals surface area contributed by atoms with E-state index in [-0.39, 0.29) is 18.2 Å². The normalized spacial score (nSPS) is 12.3. The van der Waals surface area contributed by atoms with Gasteiger partial charge in [0.25, 0.3) is 0 Å². The molecule has 0 atom stereocenters. The number of allylic oxidation sites excluding steroid dienone is 3. The number of hydrogen-bond acceptors (Lipinski definition) is 5. The minimum absolute atomic E-state index is 0.123. The Hall–Kier alpha value is -2.25. The molecule has 0 unspecified atom stereocenters. The first-order valence-electron chi connectivity index (χ1n) is 8.65. The van der Waals surface area contributed by atoms with Crippen molar-refractivity contribution < 1.29 is 0 Å². The molecule has 156 valence electrons. The average molecular weight is 456 g/mol. The van der Waals surface area contributed by atoms with Crippen molar-refractivity contribution >= 4 is 46.5 Å². The molecule has 6 nitrogen and oxygen atoms in total. The highest BCUT2D eigenvalue weighted by Crippen LogP contribution is 2.25. The Morgan fingerprint density at radius 3 is 2.21 bits per heavy atom. The number of hydrazine groups is 1. The zero-order chi connectivity index (χ0) is 22.0. The first kappa shape index (κ1) is 24.8. The Kier molecular flexibility index (Phi) is 10.5. The second-order valence-electron chi connectivity index (χ2n) is 5.85. The third-order valence-electron chi connectivity index (χ3n) is 3.75. The number of nitrogen functional groups attached to an aromatic ring is 1. The maximum absolute atomic E-state index is 6.05. The fourth-order valence-electron chi connectivity index (χ4n) is 2.09. The molecule has 0 bridgehead atoms. The maximum Gasteiger partial charge on any atom is 0.173 e. The Morgan fingerprint density at radius 1 is 1.14 bits per heavy atom. The summed E-state index contributed by atoms with van der Waals surface area (Å²) in [5.41, 5.74) is 8.18. The van der Waals surface area contributed by atoms with Gasteiger partial charge in [-0.3, -0.25) is 5.01 Å². The van der Waals surface area contributed by atoms with Crippen LogP contribution in [-0.4, -0.2) is 22.4 Å². The zero-order valence-electron chi connectivity index (χ0n) is 16.5. The lowest BCUT2D eigenvalue weighted by atomic mass is 10.0. The molecule has 1 heterocycles. The summed E-state index contributed by atoms with van der Waals surface area (Å²) in [6.45, 7) is 5.78. The lowest BCUT2D eigenvalue weighted by Crippen LogP contribution is -2.40. The number of nitrogens with zero attached hydrogens (tertiary/aromatic N) is 3. The number of pyridine rings is 1. The molecule has 0 aliphatic carbocycles. The lowest BCUT2D eigenvalue weighted by Gasteiger charge is -2.21. The lowest BCUT2D eigenvalue weighted by molar-refractivity contribution is 0.483. The molecule has 2 rings (SSSR count). The van der Waals surface area contributed by atoms with E-state index in [1.807, 2.05) is 38.1 Å². The molecule has 1 aromatic heterocycles. The van der Waals surface area contributed by atoms with E-state index in [9.17, 15) is 0 Å². The first-order chi connectivity index (χ1) is 13.7. The van der Waals surface area contributed by atoms with E-state index in [2.05, 4.69) is 10.1 Å². The summed E-state index contributed by atoms with van der Waals surface area (Å²) < 4.78 is 0. The van der Waals surface area contributed by atoms with E-state index < -0.39 is 0 Å². The molecule has 0 aliphatic heterocycles. The monoisotopic (exact) mass is 454 g/mol. The molecule has 0 amide bonds. The highest BCUT2D eigenvalue weighted by atomic mass is 35.5. The van der Waals surface area contributed by atoms with Gasteiger partial charge in [-0.2, -0.15) is 5.10 Å². The van der Waals surface area contributed by atoms with Crippen LogP contribution in [0.25, 0.3) is 11.1 Å². The highest BCUT2D eigenvalue weighted by molar-refractivity contribution is 6.39. The van der Waals surface area contributed by atoms with Crippen LogP contribution in [0.3, 0.4) is 0 Å². The second kappa shape index (κ2) is 12.3. The summed E-state index contributed by atoms with van der Waals surface area (Å²) >= 11 is 17.8. The zero-order valence-corrected chi connectivity index (χ0v) is 18.8. The third-order valence-corrected chi connectivity index (χ3v) is 4.73. The number of anilines is 1. The minimum Gasteiger partial charge on any atom is -0.383 e. The van der Waals surface area contributed by atoms with Gasteiger partial charge in [0.05, 0.1) is 17.1 Å². The fourth-order valence-corrected chi connectivity index (χ4v) is 2.40. The number of halogens is 3. The van der Waals surface area contributed by atoms with Crippen molar-refractivity contribution in [2.45, 2.75) is 20.8 Å². The van der Waals surface area contributed by atoms with E-state index in [4.69, 9.17) is 52.2 Å². The second-order valence-corrected chi connectivity index (χ2v) is 7.31. The largest absolute Gasteiger partial charge is 0.383 e. The number of rotatable bonds is 4. The number of benzene rings is 1. The molecule has 0 saturated heterocycles. The van der Waals surface area contributed by atoms with Gasteiger partial charge in [-0.15, -0.1) is 0 Å². The highest BCUT2D eigenvalue weighted by Gasteiger charge is 2.17. The van der Waals surface area contributed by atoms with Gasteiger partial charge in [0.1, 0.15) is 5.82 Å². The van der Waals surface area contributed by atoms with Crippen molar-refractivity contribution in [3.63, 3.8) is 0 Å². The van der Waals surface area contributed by atoms with Crippen LogP contribution in [0, 0.1) is 0 Å². The van der Waals surface area contributed by atoms with E-state index in [1.54, 1.807) is 31.3 Å². The molecule has 0 spiro atoms. The summed E-state index contributed by atoms with van der Waals surface area (Å²) in [6, 6.07) is 9.11. The average Bonchev–Trinajstić information content (AvgIpc) is 2.70. The topological polar surface area (TPSA) is 107 Å². The van der Waals surface area contributed by atoms with Crippen LogP contribution < -0.4 is 17.4 Å². The third kappa shape index (κ3) is 7.59. The molecule has 0 fully saturated rings. The van der Waals surface area contributed by atoms with Crippen molar-refractivity contribution in [1.82, 2.24) is 9.99 Å². The maximum atomic E-state index is 6.05. The molecule has 0 aliphatic rings. The summed E-state index contributed by atoms with van der Waals surface area (Å²) in [5, 5.41) is 6.42. The van der Waals surface area contributed by atoms with E-state index in [0.717, 1.165) is 11.1 Å². The Morgan fingerprint density at radius 2 is 1.72 bits per heavy atom. The van der Waals surface area contributed by atoms with Gasteiger partial charge in [0.2, 0.25) is 0 Å². The van der Waals surface area contributed by atoms with Gasteiger partial charge in [0.15, 0.2) is 5.84 Å². The molecule has 0 radical (unpaired) electrons. The Bertz CT molecular complexity index is 884. The van der Waals surface area contributed by atoms with Crippen molar-refractivity contribution in [3.8, 4) is 11.1 Å². The molecule has 9 heteroatoms. The minimum atomic E-state index is 0.123.